The van der Waals surface area contributed by atoms with E-state index in [1.807, 2.05) is 4.90 Å². The van der Waals surface area contributed by atoms with Gasteiger partial charge < -0.3 is 19.4 Å². The Balaban J connectivity index is 1.15. The highest BCUT2D eigenvalue weighted by molar-refractivity contribution is 5.96. The molecule has 0 bridgehead atoms. The van der Waals surface area contributed by atoms with Crippen molar-refractivity contribution in [3.05, 3.63) is 24.3 Å². The molecule has 1 aliphatic carbocycles. The predicted molar refractivity (Wildman–Crippen MR) is 120 cm³/mol. The van der Waals surface area contributed by atoms with Gasteiger partial charge in [0.1, 0.15) is 11.9 Å². The molecule has 1 amide bonds. The van der Waals surface area contributed by atoms with Gasteiger partial charge in [0.2, 0.25) is 5.91 Å². The molecule has 3 heterocycles. The Kier molecular flexibility index (Phi) is 6.28. The van der Waals surface area contributed by atoms with Gasteiger partial charge in [0.15, 0.2) is 0 Å². The molecule has 5 heteroatoms. The van der Waals surface area contributed by atoms with Crippen molar-refractivity contribution in [2.75, 3.05) is 37.6 Å². The molecule has 164 valence electrons. The van der Waals surface area contributed by atoms with E-state index in [1.165, 1.54) is 64.7 Å². The SMILES string of the molecule is O=C1CC[C@@H](CN2CCCCC2)N1c1ccc(OC2CC(N3CCCCC3)C2)cc1. The summed E-state index contributed by atoms with van der Waals surface area (Å²) in [5.74, 6) is 1.22. The lowest BCUT2D eigenvalue weighted by Crippen LogP contribution is -2.50. The predicted octanol–water partition coefficient (Wildman–Crippen LogP) is 4.06. The van der Waals surface area contributed by atoms with Crippen LogP contribution in [0.15, 0.2) is 24.3 Å². The van der Waals surface area contributed by atoms with Crippen LogP contribution in [0.1, 0.15) is 64.2 Å². The lowest BCUT2D eigenvalue weighted by Gasteiger charge is -2.44. The van der Waals surface area contributed by atoms with Crippen LogP contribution in [0.2, 0.25) is 0 Å². The Labute approximate surface area is 181 Å². The second kappa shape index (κ2) is 9.27. The van der Waals surface area contributed by atoms with Crippen molar-refractivity contribution >= 4 is 11.6 Å². The summed E-state index contributed by atoms with van der Waals surface area (Å²) < 4.78 is 6.23. The summed E-state index contributed by atoms with van der Waals surface area (Å²) in [5, 5.41) is 0. The van der Waals surface area contributed by atoms with Crippen molar-refractivity contribution in [3.63, 3.8) is 0 Å². The zero-order chi connectivity index (χ0) is 20.3. The van der Waals surface area contributed by atoms with E-state index in [9.17, 15) is 4.79 Å². The molecule has 0 aromatic heterocycles. The van der Waals surface area contributed by atoms with Crippen LogP contribution in [0.25, 0.3) is 0 Å². The fraction of sp³-hybridized carbons (Fsp3) is 0.720. The third kappa shape index (κ3) is 4.52. The first-order valence-corrected chi connectivity index (χ1v) is 12.3. The van der Waals surface area contributed by atoms with Crippen LogP contribution in [-0.4, -0.2) is 66.6 Å². The van der Waals surface area contributed by atoms with E-state index in [2.05, 4.69) is 34.1 Å². The number of rotatable bonds is 6. The third-order valence-electron chi connectivity index (χ3n) is 7.64. The van der Waals surface area contributed by atoms with Gasteiger partial charge in [-0.2, -0.15) is 0 Å². The number of benzene rings is 1. The van der Waals surface area contributed by atoms with Crippen LogP contribution in [0.4, 0.5) is 5.69 Å². The van der Waals surface area contributed by atoms with Gasteiger partial charge in [0, 0.05) is 37.5 Å². The number of ether oxygens (including phenoxy) is 1. The van der Waals surface area contributed by atoms with E-state index < -0.39 is 0 Å². The normalized spacial score (nSPS) is 31.0. The summed E-state index contributed by atoms with van der Waals surface area (Å²) in [7, 11) is 0. The Hall–Kier alpha value is -1.59. The van der Waals surface area contributed by atoms with Crippen LogP contribution in [-0.2, 0) is 4.79 Å². The van der Waals surface area contributed by atoms with Gasteiger partial charge in [-0.3, -0.25) is 4.79 Å². The second-order valence-electron chi connectivity index (χ2n) is 9.77. The molecule has 0 spiro atoms. The summed E-state index contributed by atoms with van der Waals surface area (Å²) in [5.41, 5.74) is 1.03. The number of carbonyl (C=O) groups is 1. The number of hydrogen-bond donors (Lipinski definition) is 0. The molecular formula is C25H37N3O2. The van der Waals surface area contributed by atoms with Crippen LogP contribution in [0.3, 0.4) is 0 Å². The van der Waals surface area contributed by atoms with Gasteiger partial charge in [0.25, 0.3) is 0 Å². The van der Waals surface area contributed by atoms with E-state index in [-0.39, 0.29) is 5.91 Å². The Morgan fingerprint density at radius 3 is 2.23 bits per heavy atom. The summed E-state index contributed by atoms with van der Waals surface area (Å²) in [6.07, 6.45) is 12.4. The minimum atomic E-state index is 0.272. The molecule has 5 nitrogen and oxygen atoms in total. The van der Waals surface area contributed by atoms with Crippen molar-refractivity contribution in [2.24, 2.45) is 0 Å². The first-order chi connectivity index (χ1) is 14.8. The average Bonchev–Trinajstić information content (AvgIpc) is 3.12. The molecule has 0 N–H and O–H groups in total. The maximum Gasteiger partial charge on any atom is 0.227 e. The first-order valence-electron chi connectivity index (χ1n) is 12.3. The molecule has 1 saturated carbocycles. The van der Waals surface area contributed by atoms with E-state index in [0.717, 1.165) is 43.3 Å². The van der Waals surface area contributed by atoms with E-state index in [0.29, 0.717) is 18.6 Å². The Bertz CT molecular complexity index is 704. The number of carbonyl (C=O) groups excluding carboxylic acids is 1. The highest BCUT2D eigenvalue weighted by Crippen LogP contribution is 2.33. The highest BCUT2D eigenvalue weighted by atomic mass is 16.5. The second-order valence-corrected chi connectivity index (χ2v) is 9.77. The summed E-state index contributed by atoms with van der Waals surface area (Å²) >= 11 is 0. The van der Waals surface area contributed by atoms with Crippen LogP contribution in [0.5, 0.6) is 5.75 Å². The van der Waals surface area contributed by atoms with Gasteiger partial charge >= 0.3 is 0 Å². The van der Waals surface area contributed by atoms with Gasteiger partial charge in [-0.25, -0.2) is 0 Å². The Morgan fingerprint density at radius 1 is 0.867 bits per heavy atom. The first kappa shape index (κ1) is 20.3. The molecule has 3 aliphatic heterocycles. The van der Waals surface area contributed by atoms with Crippen LogP contribution in [0, 0.1) is 0 Å². The molecule has 1 atom stereocenters. The molecule has 4 fully saturated rings. The van der Waals surface area contributed by atoms with Crippen molar-refractivity contribution in [3.8, 4) is 5.75 Å². The van der Waals surface area contributed by atoms with Crippen molar-refractivity contribution in [1.82, 2.24) is 9.80 Å². The highest BCUT2D eigenvalue weighted by Gasteiger charge is 2.36. The van der Waals surface area contributed by atoms with Gasteiger partial charge in [-0.1, -0.05) is 12.8 Å². The monoisotopic (exact) mass is 411 g/mol. The van der Waals surface area contributed by atoms with E-state index in [4.69, 9.17) is 4.74 Å². The van der Waals surface area contributed by atoms with Crippen LogP contribution >= 0.6 is 0 Å². The number of piperidine rings is 2. The lowest BCUT2D eigenvalue weighted by atomic mass is 9.86. The van der Waals surface area contributed by atoms with Crippen molar-refractivity contribution in [1.29, 1.82) is 0 Å². The number of amides is 1. The third-order valence-corrected chi connectivity index (χ3v) is 7.64. The molecule has 0 unspecified atom stereocenters. The zero-order valence-corrected chi connectivity index (χ0v) is 18.3. The molecule has 3 saturated heterocycles. The number of anilines is 1. The molecule has 0 radical (unpaired) electrons. The summed E-state index contributed by atoms with van der Waals surface area (Å²) in [6.45, 7) is 5.93. The fourth-order valence-corrected chi connectivity index (χ4v) is 5.80. The Morgan fingerprint density at radius 2 is 1.53 bits per heavy atom. The van der Waals surface area contributed by atoms with Gasteiger partial charge in [-0.15, -0.1) is 0 Å². The van der Waals surface area contributed by atoms with Crippen LogP contribution < -0.4 is 9.64 Å². The largest absolute Gasteiger partial charge is 0.490 e. The number of hydrogen-bond acceptors (Lipinski definition) is 4. The van der Waals surface area contributed by atoms with Gasteiger partial charge in [0.05, 0.1) is 6.04 Å². The minimum Gasteiger partial charge on any atom is -0.490 e. The molecule has 30 heavy (non-hydrogen) atoms. The fourth-order valence-electron chi connectivity index (χ4n) is 5.80. The standard InChI is InChI=1S/C25H37N3O2/c29-25-12-9-21(19-26-13-3-1-4-14-26)28(25)20-7-10-23(11-8-20)30-24-17-22(18-24)27-15-5-2-6-16-27/h7-8,10-11,21-22,24H,1-6,9,12-19H2/t21-,22?,24?/m0/s1. The zero-order valence-electron chi connectivity index (χ0n) is 18.3. The van der Waals surface area contributed by atoms with Crippen molar-refractivity contribution in [2.45, 2.75) is 82.4 Å². The quantitative estimate of drug-likeness (QED) is 0.707. The maximum atomic E-state index is 12.6. The molecule has 4 aliphatic rings. The number of nitrogens with zero attached hydrogens (tertiary/aromatic N) is 3. The number of likely N-dealkylation sites (tertiary alicyclic amines) is 2. The van der Waals surface area contributed by atoms with Gasteiger partial charge in [-0.05, 0) is 82.5 Å². The topological polar surface area (TPSA) is 36.0 Å². The molecule has 1 aromatic rings. The molecular weight excluding hydrogens is 374 g/mol. The smallest absolute Gasteiger partial charge is 0.227 e. The lowest BCUT2D eigenvalue weighted by molar-refractivity contribution is -0.117. The maximum absolute atomic E-state index is 12.6. The van der Waals surface area contributed by atoms with Crippen molar-refractivity contribution < 1.29 is 9.53 Å². The van der Waals surface area contributed by atoms with E-state index >= 15 is 0 Å². The average molecular weight is 412 g/mol. The van der Waals surface area contributed by atoms with E-state index in [1.54, 1.807) is 0 Å². The molecule has 1 aromatic carbocycles. The summed E-state index contributed by atoms with van der Waals surface area (Å²) in [6, 6.07) is 9.34. The molecule has 5 rings (SSSR count). The minimum absolute atomic E-state index is 0.272. The summed E-state index contributed by atoms with van der Waals surface area (Å²) in [4.78, 5) is 19.9.